The summed E-state index contributed by atoms with van der Waals surface area (Å²) in [6.07, 6.45) is 5.74. The van der Waals surface area contributed by atoms with Gasteiger partial charge in [0, 0.05) is 25.5 Å². The van der Waals surface area contributed by atoms with Crippen LogP contribution in [0, 0.1) is 0 Å². The molecule has 6 nitrogen and oxygen atoms in total. The first-order valence-corrected chi connectivity index (χ1v) is 7.27. The lowest BCUT2D eigenvalue weighted by atomic mass is 9.97. The van der Waals surface area contributed by atoms with Crippen LogP contribution in [-0.4, -0.2) is 48.0 Å². The molecule has 0 aromatic carbocycles. The Morgan fingerprint density at radius 1 is 1.43 bits per heavy atom. The highest BCUT2D eigenvalue weighted by molar-refractivity contribution is 5.98. The van der Waals surface area contributed by atoms with Crippen LogP contribution >= 0.6 is 0 Å². The molecule has 1 unspecified atom stereocenters. The minimum Gasteiger partial charge on any atom is -0.467 e. The highest BCUT2D eigenvalue weighted by Gasteiger charge is 2.36. The Balaban J connectivity index is 1.90. The molecule has 2 aliphatic heterocycles. The molecule has 0 aliphatic carbocycles. The quantitative estimate of drug-likeness (QED) is 0.803. The van der Waals surface area contributed by atoms with Gasteiger partial charge in [-0.25, -0.2) is 4.79 Å². The summed E-state index contributed by atoms with van der Waals surface area (Å²) >= 11 is 0. The molecule has 2 aliphatic rings. The Morgan fingerprint density at radius 2 is 2.29 bits per heavy atom. The number of esters is 1. The minimum absolute atomic E-state index is 0.103. The fourth-order valence-electron chi connectivity index (χ4n) is 3.14. The van der Waals surface area contributed by atoms with Gasteiger partial charge in [-0.2, -0.15) is 0 Å². The molecule has 1 aromatic rings. The number of fused-ring (bicyclic) bond motifs is 1. The molecule has 1 fully saturated rings. The van der Waals surface area contributed by atoms with E-state index in [1.54, 1.807) is 17.3 Å². The van der Waals surface area contributed by atoms with E-state index in [-0.39, 0.29) is 11.9 Å². The Hall–Kier alpha value is -1.95. The third-order valence-electron chi connectivity index (χ3n) is 4.23. The summed E-state index contributed by atoms with van der Waals surface area (Å²) in [4.78, 5) is 30.4. The molecule has 3 heterocycles. The van der Waals surface area contributed by atoms with Crippen molar-refractivity contribution >= 4 is 11.9 Å². The van der Waals surface area contributed by atoms with Gasteiger partial charge in [-0.15, -0.1) is 0 Å². The van der Waals surface area contributed by atoms with Crippen LogP contribution in [-0.2, 0) is 22.5 Å². The third-order valence-corrected chi connectivity index (χ3v) is 4.23. The van der Waals surface area contributed by atoms with Crippen LogP contribution in [0.3, 0.4) is 0 Å². The highest BCUT2D eigenvalue weighted by Crippen LogP contribution is 2.24. The fourth-order valence-corrected chi connectivity index (χ4v) is 3.14. The van der Waals surface area contributed by atoms with Crippen LogP contribution in [0.15, 0.2) is 12.4 Å². The van der Waals surface area contributed by atoms with Crippen LogP contribution in [0.1, 0.15) is 34.3 Å². The van der Waals surface area contributed by atoms with Crippen molar-refractivity contribution in [3.8, 4) is 0 Å². The number of rotatable bonds is 2. The van der Waals surface area contributed by atoms with E-state index in [9.17, 15) is 9.59 Å². The number of nitrogens with zero attached hydrogens (tertiary/aromatic N) is 2. The Bertz CT molecular complexity index is 573. The number of likely N-dealkylation sites (tertiary alicyclic amines) is 1. The molecular weight excluding hydrogens is 270 g/mol. The lowest BCUT2D eigenvalue weighted by molar-refractivity contribution is -0.145. The predicted octanol–water partition coefficient (Wildman–Crippen LogP) is 0.505. The second kappa shape index (κ2) is 5.81. The molecule has 6 heteroatoms. The normalized spacial score (nSPS) is 21.0. The topological polar surface area (TPSA) is 71.5 Å². The van der Waals surface area contributed by atoms with Gasteiger partial charge >= 0.3 is 5.97 Å². The first-order chi connectivity index (χ1) is 10.2. The number of aromatic nitrogens is 1. The lowest BCUT2D eigenvalue weighted by Gasteiger charge is -2.25. The van der Waals surface area contributed by atoms with Crippen LogP contribution in [0.25, 0.3) is 0 Å². The first-order valence-electron chi connectivity index (χ1n) is 7.27. The average Bonchev–Trinajstić information content (AvgIpc) is 3.02. The van der Waals surface area contributed by atoms with Crippen molar-refractivity contribution in [1.29, 1.82) is 0 Å². The number of pyridine rings is 1. The van der Waals surface area contributed by atoms with Gasteiger partial charge in [0.15, 0.2) is 0 Å². The number of amides is 1. The summed E-state index contributed by atoms with van der Waals surface area (Å²) in [6, 6.07) is -0.458. The smallest absolute Gasteiger partial charge is 0.328 e. The van der Waals surface area contributed by atoms with Crippen LogP contribution < -0.4 is 5.32 Å². The maximum atomic E-state index is 12.8. The molecule has 1 saturated heterocycles. The predicted molar refractivity (Wildman–Crippen MR) is 75.7 cm³/mol. The molecule has 0 radical (unpaired) electrons. The van der Waals surface area contributed by atoms with E-state index in [0.717, 1.165) is 37.1 Å². The lowest BCUT2D eigenvalue weighted by Crippen LogP contribution is -2.42. The first kappa shape index (κ1) is 14.0. The number of methoxy groups -OCH3 is 1. The summed E-state index contributed by atoms with van der Waals surface area (Å²) in [5.74, 6) is -0.436. The Kier molecular flexibility index (Phi) is 3.88. The monoisotopic (exact) mass is 289 g/mol. The standard InChI is InChI=1S/C15H19N3O3/c1-21-15(20)13-3-2-6-18(13)14(19)12-9-17-8-10-7-16-5-4-11(10)12/h8-9,13,16H,2-7H2,1H3. The Labute approximate surface area is 123 Å². The summed E-state index contributed by atoms with van der Waals surface area (Å²) in [5, 5.41) is 3.27. The van der Waals surface area contributed by atoms with Gasteiger partial charge in [-0.05, 0) is 36.9 Å². The van der Waals surface area contributed by atoms with Crippen LogP contribution in [0.4, 0.5) is 0 Å². The molecule has 1 atom stereocenters. The van der Waals surface area contributed by atoms with Gasteiger partial charge in [0.05, 0.1) is 12.7 Å². The van der Waals surface area contributed by atoms with Crippen molar-refractivity contribution in [3.63, 3.8) is 0 Å². The zero-order chi connectivity index (χ0) is 14.8. The van der Waals surface area contributed by atoms with Crippen LogP contribution in [0.5, 0.6) is 0 Å². The van der Waals surface area contributed by atoms with Crippen molar-refractivity contribution in [1.82, 2.24) is 15.2 Å². The average molecular weight is 289 g/mol. The SMILES string of the molecule is COC(=O)C1CCCN1C(=O)c1cncc2c1CCNC2. The van der Waals surface area contributed by atoms with Crippen molar-refractivity contribution in [2.24, 2.45) is 0 Å². The van der Waals surface area contributed by atoms with E-state index in [1.165, 1.54) is 7.11 Å². The number of carbonyl (C=O) groups excluding carboxylic acids is 2. The molecule has 0 saturated carbocycles. The molecule has 1 N–H and O–H groups in total. The van der Waals surface area contributed by atoms with E-state index in [1.807, 2.05) is 0 Å². The van der Waals surface area contributed by atoms with Crippen molar-refractivity contribution in [3.05, 3.63) is 29.1 Å². The van der Waals surface area contributed by atoms with Crippen molar-refractivity contribution in [2.45, 2.75) is 31.8 Å². The van der Waals surface area contributed by atoms with Crippen molar-refractivity contribution in [2.75, 3.05) is 20.2 Å². The summed E-state index contributed by atoms with van der Waals surface area (Å²) < 4.78 is 4.80. The molecule has 1 aromatic heterocycles. The maximum absolute atomic E-state index is 12.8. The molecule has 1 amide bonds. The fraction of sp³-hybridized carbons (Fsp3) is 0.533. The molecule has 112 valence electrons. The summed E-state index contributed by atoms with van der Waals surface area (Å²) in [6.45, 7) is 2.20. The highest BCUT2D eigenvalue weighted by atomic mass is 16.5. The minimum atomic E-state index is -0.458. The molecule has 0 bridgehead atoms. The summed E-state index contributed by atoms with van der Waals surface area (Å²) in [7, 11) is 1.36. The number of hydrogen-bond acceptors (Lipinski definition) is 5. The Morgan fingerprint density at radius 3 is 3.10 bits per heavy atom. The van der Waals surface area contributed by atoms with Gasteiger partial charge in [-0.1, -0.05) is 0 Å². The van der Waals surface area contributed by atoms with E-state index in [0.29, 0.717) is 18.5 Å². The second-order valence-electron chi connectivity index (χ2n) is 5.43. The van der Waals surface area contributed by atoms with Gasteiger partial charge < -0.3 is 15.0 Å². The molecule has 21 heavy (non-hydrogen) atoms. The number of nitrogens with one attached hydrogen (secondary N) is 1. The van der Waals surface area contributed by atoms with E-state index in [4.69, 9.17) is 4.74 Å². The van der Waals surface area contributed by atoms with E-state index < -0.39 is 6.04 Å². The molecular formula is C15H19N3O3. The zero-order valence-electron chi connectivity index (χ0n) is 12.1. The van der Waals surface area contributed by atoms with Gasteiger partial charge in [0.2, 0.25) is 0 Å². The largest absolute Gasteiger partial charge is 0.467 e. The van der Waals surface area contributed by atoms with Crippen molar-refractivity contribution < 1.29 is 14.3 Å². The zero-order valence-corrected chi connectivity index (χ0v) is 12.1. The maximum Gasteiger partial charge on any atom is 0.328 e. The summed E-state index contributed by atoms with van der Waals surface area (Å²) in [5.41, 5.74) is 2.76. The molecule has 3 rings (SSSR count). The van der Waals surface area contributed by atoms with Gasteiger partial charge in [-0.3, -0.25) is 9.78 Å². The van der Waals surface area contributed by atoms with E-state index >= 15 is 0 Å². The van der Waals surface area contributed by atoms with Crippen LogP contribution in [0.2, 0.25) is 0 Å². The number of carbonyl (C=O) groups is 2. The number of ether oxygens (including phenoxy) is 1. The third kappa shape index (κ3) is 2.51. The molecule has 0 spiro atoms. The second-order valence-corrected chi connectivity index (χ2v) is 5.43. The number of hydrogen-bond donors (Lipinski definition) is 1. The van der Waals surface area contributed by atoms with E-state index in [2.05, 4.69) is 10.3 Å². The van der Waals surface area contributed by atoms with Gasteiger partial charge in [0.25, 0.3) is 5.91 Å². The van der Waals surface area contributed by atoms with Gasteiger partial charge in [0.1, 0.15) is 6.04 Å².